The lowest BCUT2D eigenvalue weighted by Crippen LogP contribution is -2.24. The zero-order chi connectivity index (χ0) is 14.8. The molecule has 0 fully saturated rings. The molecule has 0 saturated heterocycles. The first-order chi connectivity index (χ1) is 9.43. The third-order valence-corrected chi connectivity index (χ3v) is 3.11. The van der Waals surface area contributed by atoms with Gasteiger partial charge in [0.25, 0.3) is 0 Å². The Morgan fingerprint density at radius 3 is 2.60 bits per heavy atom. The number of nitrogens with zero attached hydrogens (tertiary/aromatic N) is 2. The topological polar surface area (TPSA) is 29.9 Å². The van der Waals surface area contributed by atoms with Gasteiger partial charge in [0.2, 0.25) is 0 Å². The Morgan fingerprint density at radius 1 is 1.30 bits per heavy atom. The summed E-state index contributed by atoms with van der Waals surface area (Å²) in [5, 5.41) is 7.26. The minimum absolute atomic E-state index is 0.310. The van der Waals surface area contributed by atoms with E-state index >= 15 is 0 Å². The lowest BCUT2D eigenvalue weighted by atomic mass is 10.0. The second-order valence-corrected chi connectivity index (χ2v) is 4.49. The Labute approximate surface area is 115 Å². The van der Waals surface area contributed by atoms with Crippen LogP contribution in [0.3, 0.4) is 0 Å². The van der Waals surface area contributed by atoms with Crippen molar-refractivity contribution in [3.8, 4) is 0 Å². The molecule has 0 spiro atoms. The molecule has 1 unspecified atom stereocenters. The first-order valence-electron chi connectivity index (χ1n) is 6.32. The van der Waals surface area contributed by atoms with Gasteiger partial charge in [-0.3, -0.25) is 4.68 Å². The van der Waals surface area contributed by atoms with Crippen LogP contribution in [0.2, 0.25) is 0 Å². The van der Waals surface area contributed by atoms with E-state index in [4.69, 9.17) is 0 Å². The van der Waals surface area contributed by atoms with E-state index in [9.17, 15) is 13.2 Å². The number of aryl methyl sites for hydroxylation is 1. The number of halogens is 3. The number of hydrogen-bond donors (Lipinski definition) is 1. The molecule has 0 amide bonds. The predicted octanol–water partition coefficient (Wildman–Crippen LogP) is 3.14. The van der Waals surface area contributed by atoms with Crippen molar-refractivity contribution in [3.05, 3.63) is 53.3 Å². The molecule has 0 bridgehead atoms. The molecule has 1 heterocycles. The Bertz CT molecular complexity index is 575. The molecular formula is C14H16F3N3. The van der Waals surface area contributed by atoms with Crippen molar-refractivity contribution in [1.29, 1.82) is 0 Å². The summed E-state index contributed by atoms with van der Waals surface area (Å²) in [6, 6.07) is 6.87. The van der Waals surface area contributed by atoms with E-state index in [0.29, 0.717) is 12.1 Å². The molecule has 0 saturated carbocycles. The standard InChI is InChI=1S/C14H16F3N3/c1-3-18-13(12-7-8-19-20(12)2)10-5-4-6-11(9-10)14(15,16)17/h4-9,13,18H,3H2,1-2H3. The Kier molecular flexibility index (Phi) is 4.13. The van der Waals surface area contributed by atoms with Gasteiger partial charge >= 0.3 is 6.18 Å². The summed E-state index contributed by atoms with van der Waals surface area (Å²) in [6.07, 6.45) is -2.70. The van der Waals surface area contributed by atoms with Gasteiger partial charge in [0.1, 0.15) is 0 Å². The number of rotatable bonds is 4. The average Bonchev–Trinajstić information content (AvgIpc) is 2.81. The largest absolute Gasteiger partial charge is 0.416 e. The van der Waals surface area contributed by atoms with Gasteiger partial charge < -0.3 is 5.32 Å². The Hall–Kier alpha value is -1.82. The normalized spacial score (nSPS) is 13.4. The maximum atomic E-state index is 12.8. The van der Waals surface area contributed by atoms with Crippen LogP contribution in [0.5, 0.6) is 0 Å². The molecule has 0 aliphatic rings. The van der Waals surface area contributed by atoms with Crippen LogP contribution >= 0.6 is 0 Å². The molecular weight excluding hydrogens is 267 g/mol. The molecule has 6 heteroatoms. The van der Waals surface area contributed by atoms with Crippen molar-refractivity contribution in [2.75, 3.05) is 6.54 Å². The predicted molar refractivity (Wildman–Crippen MR) is 70.2 cm³/mol. The van der Waals surface area contributed by atoms with Crippen LogP contribution < -0.4 is 5.32 Å². The van der Waals surface area contributed by atoms with Crippen LogP contribution in [-0.4, -0.2) is 16.3 Å². The van der Waals surface area contributed by atoms with E-state index in [2.05, 4.69) is 10.4 Å². The number of aromatic nitrogens is 2. The highest BCUT2D eigenvalue weighted by Crippen LogP contribution is 2.32. The van der Waals surface area contributed by atoms with Crippen LogP contribution in [0.15, 0.2) is 36.5 Å². The van der Waals surface area contributed by atoms with Crippen molar-refractivity contribution >= 4 is 0 Å². The molecule has 20 heavy (non-hydrogen) atoms. The average molecular weight is 283 g/mol. The summed E-state index contributed by atoms with van der Waals surface area (Å²) in [6.45, 7) is 2.56. The summed E-state index contributed by atoms with van der Waals surface area (Å²) < 4.78 is 40.1. The number of nitrogens with one attached hydrogen (secondary N) is 1. The quantitative estimate of drug-likeness (QED) is 0.934. The smallest absolute Gasteiger partial charge is 0.305 e. The van der Waals surface area contributed by atoms with Gasteiger partial charge in [-0.05, 0) is 30.3 Å². The van der Waals surface area contributed by atoms with E-state index < -0.39 is 11.7 Å². The molecule has 0 radical (unpaired) electrons. The van der Waals surface area contributed by atoms with Gasteiger partial charge in [0, 0.05) is 13.2 Å². The first kappa shape index (κ1) is 14.6. The zero-order valence-corrected chi connectivity index (χ0v) is 11.3. The number of benzene rings is 1. The van der Waals surface area contributed by atoms with E-state index in [-0.39, 0.29) is 6.04 Å². The second kappa shape index (κ2) is 5.66. The van der Waals surface area contributed by atoms with E-state index in [1.54, 1.807) is 30.1 Å². The highest BCUT2D eigenvalue weighted by atomic mass is 19.4. The number of alkyl halides is 3. The Morgan fingerprint density at radius 2 is 2.05 bits per heavy atom. The van der Waals surface area contributed by atoms with Crippen LogP contribution in [-0.2, 0) is 13.2 Å². The zero-order valence-electron chi connectivity index (χ0n) is 11.3. The molecule has 0 aliphatic heterocycles. The highest BCUT2D eigenvalue weighted by Gasteiger charge is 2.31. The number of hydrogen-bond acceptors (Lipinski definition) is 2. The monoisotopic (exact) mass is 283 g/mol. The fourth-order valence-corrected chi connectivity index (χ4v) is 2.16. The molecule has 1 aromatic heterocycles. The fraction of sp³-hybridized carbons (Fsp3) is 0.357. The molecule has 108 valence electrons. The SMILES string of the molecule is CCNC(c1cccc(C(F)(F)F)c1)c1ccnn1C. The maximum Gasteiger partial charge on any atom is 0.416 e. The fourth-order valence-electron chi connectivity index (χ4n) is 2.16. The van der Waals surface area contributed by atoms with Crippen LogP contribution in [0, 0.1) is 0 Å². The third kappa shape index (κ3) is 3.01. The lowest BCUT2D eigenvalue weighted by Gasteiger charge is -2.20. The second-order valence-electron chi connectivity index (χ2n) is 4.49. The summed E-state index contributed by atoms with van der Waals surface area (Å²) >= 11 is 0. The Balaban J connectivity index is 2.43. The summed E-state index contributed by atoms with van der Waals surface area (Å²) in [7, 11) is 1.77. The molecule has 1 aromatic carbocycles. The molecule has 1 N–H and O–H groups in total. The van der Waals surface area contributed by atoms with Crippen molar-refractivity contribution in [2.24, 2.45) is 7.05 Å². The summed E-state index contributed by atoms with van der Waals surface area (Å²) in [5.41, 5.74) is 0.761. The first-order valence-corrected chi connectivity index (χ1v) is 6.32. The van der Waals surface area contributed by atoms with Crippen LogP contribution in [0.1, 0.15) is 29.8 Å². The van der Waals surface area contributed by atoms with Gasteiger partial charge in [-0.1, -0.05) is 19.1 Å². The van der Waals surface area contributed by atoms with Crippen LogP contribution in [0.4, 0.5) is 13.2 Å². The lowest BCUT2D eigenvalue weighted by molar-refractivity contribution is -0.137. The van der Waals surface area contributed by atoms with Crippen molar-refractivity contribution in [2.45, 2.75) is 19.1 Å². The molecule has 3 nitrogen and oxygen atoms in total. The third-order valence-electron chi connectivity index (χ3n) is 3.11. The minimum Gasteiger partial charge on any atom is -0.305 e. The van der Waals surface area contributed by atoms with Crippen molar-refractivity contribution < 1.29 is 13.2 Å². The molecule has 1 atom stereocenters. The van der Waals surface area contributed by atoms with Gasteiger partial charge in [0.15, 0.2) is 0 Å². The highest BCUT2D eigenvalue weighted by molar-refractivity contribution is 5.32. The van der Waals surface area contributed by atoms with E-state index in [1.165, 1.54) is 12.1 Å². The maximum absolute atomic E-state index is 12.8. The van der Waals surface area contributed by atoms with Gasteiger partial charge in [-0.15, -0.1) is 0 Å². The van der Waals surface area contributed by atoms with E-state index in [0.717, 1.165) is 11.8 Å². The van der Waals surface area contributed by atoms with Crippen molar-refractivity contribution in [1.82, 2.24) is 15.1 Å². The van der Waals surface area contributed by atoms with Gasteiger partial charge in [-0.25, -0.2) is 0 Å². The van der Waals surface area contributed by atoms with Gasteiger partial charge in [-0.2, -0.15) is 18.3 Å². The molecule has 0 aliphatic carbocycles. The van der Waals surface area contributed by atoms with Crippen molar-refractivity contribution in [3.63, 3.8) is 0 Å². The van der Waals surface area contributed by atoms with Gasteiger partial charge in [0.05, 0.1) is 17.3 Å². The summed E-state index contributed by atoms with van der Waals surface area (Å²) in [4.78, 5) is 0. The summed E-state index contributed by atoms with van der Waals surface area (Å²) in [5.74, 6) is 0. The van der Waals surface area contributed by atoms with E-state index in [1.807, 2.05) is 6.92 Å². The minimum atomic E-state index is -4.33. The molecule has 2 rings (SSSR count). The molecule has 2 aromatic rings. The van der Waals surface area contributed by atoms with Crippen LogP contribution in [0.25, 0.3) is 0 Å².